The minimum Gasteiger partial charge on any atom is -0.444 e. The lowest BCUT2D eigenvalue weighted by atomic mass is 9.70. The normalized spacial score (nSPS) is 26.4. The summed E-state index contributed by atoms with van der Waals surface area (Å²) in [6, 6.07) is 8.44. The van der Waals surface area contributed by atoms with Crippen molar-refractivity contribution in [3.63, 3.8) is 0 Å². The first-order valence-electron chi connectivity index (χ1n) is 8.77. The second kappa shape index (κ2) is 7.31. The van der Waals surface area contributed by atoms with Crippen LogP contribution in [0.3, 0.4) is 0 Å². The highest BCUT2D eigenvalue weighted by atomic mass is 79.9. The van der Waals surface area contributed by atoms with E-state index in [9.17, 15) is 4.79 Å². The monoisotopic (exact) mass is 424 g/mol. The molecule has 3 rings (SSSR count). The van der Waals surface area contributed by atoms with E-state index in [1.165, 1.54) is 18.4 Å². The third kappa shape index (κ3) is 4.40. The standard InChI is InChI=1S/C19H25BrN2O2S/c1-18(2,3)24-17(23)21-16-22-19(13-8-6-9-15(20)11-13)10-5-4-7-14(19)12-25-16/h6,8-9,11,14H,4-5,7,10,12H2,1-3H3,(H,21,22,23)/t14?,19-/m1/s1. The zero-order valence-electron chi connectivity index (χ0n) is 15.0. The summed E-state index contributed by atoms with van der Waals surface area (Å²) >= 11 is 5.21. The smallest absolute Gasteiger partial charge is 0.413 e. The summed E-state index contributed by atoms with van der Waals surface area (Å²) in [7, 11) is 0. The van der Waals surface area contributed by atoms with Crippen LogP contribution in [-0.2, 0) is 10.3 Å². The Morgan fingerprint density at radius 1 is 1.40 bits per heavy atom. The predicted molar refractivity (Wildman–Crippen MR) is 107 cm³/mol. The van der Waals surface area contributed by atoms with Gasteiger partial charge in [0.05, 0.1) is 5.54 Å². The molecule has 1 aromatic rings. The van der Waals surface area contributed by atoms with Gasteiger partial charge in [0.2, 0.25) is 0 Å². The lowest BCUT2D eigenvalue weighted by Gasteiger charge is -2.44. The van der Waals surface area contributed by atoms with Gasteiger partial charge in [0, 0.05) is 10.2 Å². The van der Waals surface area contributed by atoms with Crippen LogP contribution in [0.5, 0.6) is 0 Å². The van der Waals surface area contributed by atoms with Gasteiger partial charge in [0.15, 0.2) is 5.17 Å². The van der Waals surface area contributed by atoms with Crippen molar-refractivity contribution < 1.29 is 9.53 Å². The zero-order valence-corrected chi connectivity index (χ0v) is 17.4. The summed E-state index contributed by atoms with van der Waals surface area (Å²) < 4.78 is 6.45. The maximum Gasteiger partial charge on any atom is 0.413 e. The number of amidine groups is 1. The van der Waals surface area contributed by atoms with E-state index in [2.05, 4.69) is 39.4 Å². The largest absolute Gasteiger partial charge is 0.444 e. The number of fused-ring (bicyclic) bond motifs is 1. The molecule has 1 aliphatic carbocycles. The molecule has 0 bridgehead atoms. The lowest BCUT2D eigenvalue weighted by Crippen LogP contribution is -2.45. The summed E-state index contributed by atoms with van der Waals surface area (Å²) in [6.07, 6.45) is 4.19. The molecule has 1 unspecified atom stereocenters. The molecule has 25 heavy (non-hydrogen) atoms. The van der Waals surface area contributed by atoms with Crippen molar-refractivity contribution in [2.75, 3.05) is 5.75 Å². The van der Waals surface area contributed by atoms with E-state index in [1.807, 2.05) is 26.8 Å². The van der Waals surface area contributed by atoms with E-state index in [4.69, 9.17) is 9.73 Å². The van der Waals surface area contributed by atoms with Crippen LogP contribution in [0.1, 0.15) is 52.0 Å². The highest BCUT2D eigenvalue weighted by Gasteiger charge is 2.45. The molecule has 0 saturated heterocycles. The maximum atomic E-state index is 12.1. The Morgan fingerprint density at radius 2 is 2.20 bits per heavy atom. The number of rotatable bonds is 1. The minimum absolute atomic E-state index is 0.238. The van der Waals surface area contributed by atoms with Crippen LogP contribution in [0.25, 0.3) is 0 Å². The Labute approximate surface area is 162 Å². The maximum absolute atomic E-state index is 12.1. The van der Waals surface area contributed by atoms with Gasteiger partial charge in [-0.25, -0.2) is 4.79 Å². The van der Waals surface area contributed by atoms with Crippen LogP contribution in [0.15, 0.2) is 33.7 Å². The van der Waals surface area contributed by atoms with Gasteiger partial charge >= 0.3 is 6.09 Å². The lowest BCUT2D eigenvalue weighted by molar-refractivity contribution is 0.0563. The number of nitrogens with zero attached hydrogens (tertiary/aromatic N) is 1. The number of carbonyl (C=O) groups excluding carboxylic acids is 1. The molecule has 1 saturated carbocycles. The topological polar surface area (TPSA) is 50.7 Å². The number of benzene rings is 1. The van der Waals surface area contributed by atoms with Crippen molar-refractivity contribution in [2.24, 2.45) is 10.9 Å². The zero-order chi connectivity index (χ0) is 18.1. The molecule has 1 aromatic carbocycles. The van der Waals surface area contributed by atoms with Crippen LogP contribution in [0.2, 0.25) is 0 Å². The quantitative estimate of drug-likeness (QED) is 0.650. The number of nitrogens with one attached hydrogen (secondary N) is 1. The van der Waals surface area contributed by atoms with E-state index in [-0.39, 0.29) is 5.54 Å². The molecule has 4 nitrogen and oxygen atoms in total. The van der Waals surface area contributed by atoms with Gasteiger partial charge in [-0.05, 0) is 57.2 Å². The van der Waals surface area contributed by atoms with Gasteiger partial charge in [0.1, 0.15) is 5.60 Å². The average molecular weight is 425 g/mol. The Balaban J connectivity index is 1.90. The number of hydrogen-bond acceptors (Lipinski definition) is 4. The third-order valence-corrected chi connectivity index (χ3v) is 6.22. The molecule has 1 N–H and O–H groups in total. The first-order chi connectivity index (χ1) is 11.8. The molecule has 1 amide bonds. The molecule has 0 spiro atoms. The number of aliphatic imine (C=N–C) groups is 1. The van der Waals surface area contributed by atoms with Crippen molar-refractivity contribution in [1.29, 1.82) is 0 Å². The van der Waals surface area contributed by atoms with Gasteiger partial charge < -0.3 is 4.74 Å². The molecule has 0 radical (unpaired) electrons. The first-order valence-corrected chi connectivity index (χ1v) is 10.6. The Hall–Kier alpha value is -1.01. The molecule has 1 aliphatic heterocycles. The highest BCUT2D eigenvalue weighted by molar-refractivity contribution is 9.10. The van der Waals surface area contributed by atoms with Crippen molar-refractivity contribution in [2.45, 2.75) is 57.6 Å². The summed E-state index contributed by atoms with van der Waals surface area (Å²) in [6.45, 7) is 5.59. The molecule has 1 fully saturated rings. The van der Waals surface area contributed by atoms with Crippen molar-refractivity contribution in [1.82, 2.24) is 5.32 Å². The average Bonchev–Trinajstić information content (AvgIpc) is 2.52. The van der Waals surface area contributed by atoms with Gasteiger partial charge in [0.25, 0.3) is 0 Å². The number of halogens is 1. The third-order valence-electron chi connectivity index (χ3n) is 4.69. The Morgan fingerprint density at radius 3 is 2.92 bits per heavy atom. The summed E-state index contributed by atoms with van der Waals surface area (Å²) in [5.41, 5.74) is 0.479. The molecule has 1 heterocycles. The molecule has 2 aliphatic rings. The number of alkyl carbamates (subject to hydrolysis) is 1. The van der Waals surface area contributed by atoms with Crippen LogP contribution < -0.4 is 5.32 Å². The van der Waals surface area contributed by atoms with E-state index >= 15 is 0 Å². The van der Waals surface area contributed by atoms with Crippen molar-refractivity contribution >= 4 is 39.0 Å². The fraction of sp³-hybridized carbons (Fsp3) is 0.579. The Kier molecular flexibility index (Phi) is 5.49. The fourth-order valence-corrected chi connectivity index (χ4v) is 5.23. The summed E-state index contributed by atoms with van der Waals surface area (Å²) in [5, 5.41) is 3.53. The molecule has 0 aromatic heterocycles. The molecular formula is C19H25BrN2O2S. The number of thioether (sulfide) groups is 1. The minimum atomic E-state index is -0.515. The number of hydrogen-bond donors (Lipinski definition) is 1. The Bertz CT molecular complexity index is 686. The predicted octanol–water partition coefficient (Wildman–Crippen LogP) is 5.46. The van der Waals surface area contributed by atoms with Crippen LogP contribution in [0.4, 0.5) is 4.79 Å². The van der Waals surface area contributed by atoms with Gasteiger partial charge in [-0.3, -0.25) is 10.3 Å². The second-order valence-corrected chi connectivity index (χ2v) is 9.66. The van der Waals surface area contributed by atoms with E-state index in [0.29, 0.717) is 11.1 Å². The SMILES string of the molecule is CC(C)(C)OC(=O)NC1=N[C@@]2(c3cccc(Br)c3)CCCCC2CS1. The summed E-state index contributed by atoms with van der Waals surface area (Å²) in [5.74, 6) is 1.48. The molecule has 136 valence electrons. The number of ether oxygens (including phenoxy) is 1. The fourth-order valence-electron chi connectivity index (χ4n) is 3.65. The van der Waals surface area contributed by atoms with Crippen LogP contribution >= 0.6 is 27.7 Å². The van der Waals surface area contributed by atoms with Crippen LogP contribution in [-0.4, -0.2) is 22.6 Å². The van der Waals surface area contributed by atoms with Gasteiger partial charge in [-0.1, -0.05) is 52.7 Å². The van der Waals surface area contributed by atoms with Gasteiger partial charge in [-0.15, -0.1) is 0 Å². The molecular weight excluding hydrogens is 400 g/mol. The van der Waals surface area contributed by atoms with E-state index in [0.717, 1.165) is 23.1 Å². The first kappa shape index (κ1) is 18.8. The number of carbonyl (C=O) groups is 1. The van der Waals surface area contributed by atoms with E-state index in [1.54, 1.807) is 11.8 Å². The van der Waals surface area contributed by atoms with Crippen LogP contribution in [0, 0.1) is 5.92 Å². The second-order valence-electron chi connectivity index (χ2n) is 7.73. The number of amides is 1. The van der Waals surface area contributed by atoms with Crippen molar-refractivity contribution in [3.8, 4) is 0 Å². The summed E-state index contributed by atoms with van der Waals surface area (Å²) in [4.78, 5) is 17.2. The molecule has 6 heteroatoms. The highest BCUT2D eigenvalue weighted by Crippen LogP contribution is 2.49. The van der Waals surface area contributed by atoms with Gasteiger partial charge in [-0.2, -0.15) is 0 Å². The van der Waals surface area contributed by atoms with Crippen molar-refractivity contribution in [3.05, 3.63) is 34.3 Å². The van der Waals surface area contributed by atoms with E-state index < -0.39 is 11.7 Å². The molecule has 2 atom stereocenters.